The Kier molecular flexibility index (Phi) is 4.73. The molecule has 7 heteroatoms. The molecule has 0 atom stereocenters. The van der Waals surface area contributed by atoms with Gasteiger partial charge in [-0.25, -0.2) is 9.07 Å². The summed E-state index contributed by atoms with van der Waals surface area (Å²) in [7, 11) is 1.58. The summed E-state index contributed by atoms with van der Waals surface area (Å²) in [5, 5.41) is 10.3. The highest BCUT2D eigenvalue weighted by Gasteiger charge is 2.24. The lowest BCUT2D eigenvalue weighted by molar-refractivity contribution is 0.102. The third-order valence-corrected chi connectivity index (χ3v) is 4.76. The molecule has 144 valence electrons. The van der Waals surface area contributed by atoms with Crippen LogP contribution < -0.4 is 15.4 Å². The van der Waals surface area contributed by atoms with Gasteiger partial charge < -0.3 is 15.4 Å². The fraction of sp³-hybridized carbons (Fsp3) is 0.238. The topological polar surface area (TPSA) is 68.2 Å². The molecule has 1 aliphatic rings. The van der Waals surface area contributed by atoms with E-state index < -0.39 is 11.7 Å². The Morgan fingerprint density at radius 3 is 2.75 bits per heavy atom. The zero-order valence-corrected chi connectivity index (χ0v) is 15.7. The summed E-state index contributed by atoms with van der Waals surface area (Å²) in [6.07, 6.45) is 3.58. The standard InChI is InChI=1S/C21H21FN4O2/c1-13-15(12-23-26(13)18-8-3-4-9-19(18)28-2)21(27)25-20-16(22)6-5-7-17(20)24-14-10-11-14/h3-9,12,14,24H,10-11H2,1-2H3,(H,25,27). The number of hydrogen-bond acceptors (Lipinski definition) is 4. The van der Waals surface area contributed by atoms with Gasteiger partial charge in [0.2, 0.25) is 0 Å². The van der Waals surface area contributed by atoms with Gasteiger partial charge in [-0.1, -0.05) is 18.2 Å². The van der Waals surface area contributed by atoms with Crippen LogP contribution in [0.3, 0.4) is 0 Å². The van der Waals surface area contributed by atoms with Crippen LogP contribution in [0.25, 0.3) is 5.69 Å². The number of para-hydroxylation sites is 3. The summed E-state index contributed by atoms with van der Waals surface area (Å²) < 4.78 is 21.4. The van der Waals surface area contributed by atoms with E-state index in [1.165, 1.54) is 12.3 Å². The number of aromatic nitrogens is 2. The van der Waals surface area contributed by atoms with E-state index in [-0.39, 0.29) is 5.69 Å². The van der Waals surface area contributed by atoms with Crippen molar-refractivity contribution >= 4 is 17.3 Å². The molecule has 0 bridgehead atoms. The fourth-order valence-electron chi connectivity index (χ4n) is 3.08. The van der Waals surface area contributed by atoms with Crippen LogP contribution in [0.1, 0.15) is 28.9 Å². The van der Waals surface area contributed by atoms with Crippen molar-refractivity contribution in [3.63, 3.8) is 0 Å². The molecule has 0 saturated heterocycles. The Morgan fingerprint density at radius 2 is 2.00 bits per heavy atom. The molecule has 1 aromatic heterocycles. The first-order valence-electron chi connectivity index (χ1n) is 9.13. The molecule has 2 aromatic carbocycles. The van der Waals surface area contributed by atoms with Crippen LogP contribution in [0.4, 0.5) is 15.8 Å². The first kappa shape index (κ1) is 18.0. The van der Waals surface area contributed by atoms with E-state index in [2.05, 4.69) is 15.7 Å². The molecule has 1 aliphatic carbocycles. The molecule has 1 heterocycles. The number of nitrogens with one attached hydrogen (secondary N) is 2. The van der Waals surface area contributed by atoms with Crippen LogP contribution in [0.2, 0.25) is 0 Å². The quantitative estimate of drug-likeness (QED) is 0.674. The van der Waals surface area contributed by atoms with Gasteiger partial charge in [0.25, 0.3) is 5.91 Å². The summed E-state index contributed by atoms with van der Waals surface area (Å²) in [5.41, 5.74) is 2.47. The van der Waals surface area contributed by atoms with Crippen molar-refractivity contribution in [1.82, 2.24) is 9.78 Å². The molecule has 0 spiro atoms. The second-order valence-electron chi connectivity index (χ2n) is 6.76. The lowest BCUT2D eigenvalue weighted by atomic mass is 10.2. The summed E-state index contributed by atoms with van der Waals surface area (Å²) in [5.74, 6) is -0.248. The number of halogens is 1. The summed E-state index contributed by atoms with van der Waals surface area (Å²) in [4.78, 5) is 12.8. The van der Waals surface area contributed by atoms with E-state index in [0.29, 0.717) is 28.7 Å². The zero-order valence-electron chi connectivity index (χ0n) is 15.7. The number of nitrogens with zero attached hydrogens (tertiary/aromatic N) is 2. The molecule has 0 aliphatic heterocycles. The number of carbonyl (C=O) groups is 1. The van der Waals surface area contributed by atoms with Crippen molar-refractivity contribution in [1.29, 1.82) is 0 Å². The van der Waals surface area contributed by atoms with Gasteiger partial charge in [-0.15, -0.1) is 0 Å². The van der Waals surface area contributed by atoms with E-state index in [1.54, 1.807) is 30.8 Å². The van der Waals surface area contributed by atoms with Gasteiger partial charge in [0.1, 0.15) is 22.9 Å². The van der Waals surface area contributed by atoms with Gasteiger partial charge in [0, 0.05) is 6.04 Å². The Morgan fingerprint density at radius 1 is 1.21 bits per heavy atom. The van der Waals surface area contributed by atoms with Crippen molar-refractivity contribution in [2.24, 2.45) is 0 Å². The molecule has 28 heavy (non-hydrogen) atoms. The van der Waals surface area contributed by atoms with Crippen LogP contribution in [-0.2, 0) is 0 Å². The van der Waals surface area contributed by atoms with Crippen LogP contribution in [0.5, 0.6) is 5.75 Å². The minimum Gasteiger partial charge on any atom is -0.494 e. The predicted molar refractivity (Wildman–Crippen MR) is 106 cm³/mol. The highest BCUT2D eigenvalue weighted by atomic mass is 19.1. The number of hydrogen-bond donors (Lipinski definition) is 2. The van der Waals surface area contributed by atoms with Crippen LogP contribution in [0.15, 0.2) is 48.7 Å². The van der Waals surface area contributed by atoms with E-state index in [4.69, 9.17) is 4.74 Å². The van der Waals surface area contributed by atoms with Crippen molar-refractivity contribution in [2.45, 2.75) is 25.8 Å². The minimum absolute atomic E-state index is 0.156. The van der Waals surface area contributed by atoms with E-state index in [0.717, 1.165) is 18.5 Å². The van der Waals surface area contributed by atoms with Gasteiger partial charge in [-0.3, -0.25) is 4.79 Å². The molecular formula is C21H21FN4O2. The maximum absolute atomic E-state index is 14.4. The maximum atomic E-state index is 14.4. The first-order valence-corrected chi connectivity index (χ1v) is 9.13. The third-order valence-electron chi connectivity index (χ3n) is 4.76. The highest BCUT2D eigenvalue weighted by Crippen LogP contribution is 2.32. The second kappa shape index (κ2) is 7.34. The molecule has 1 fully saturated rings. The lowest BCUT2D eigenvalue weighted by Gasteiger charge is -2.14. The normalized spacial score (nSPS) is 13.2. The highest BCUT2D eigenvalue weighted by molar-refractivity contribution is 6.06. The Bertz CT molecular complexity index is 1030. The first-order chi connectivity index (χ1) is 13.6. The molecule has 0 radical (unpaired) electrons. The average molecular weight is 380 g/mol. The van der Waals surface area contributed by atoms with Gasteiger partial charge in [-0.05, 0) is 44.0 Å². The summed E-state index contributed by atoms with van der Waals surface area (Å²) >= 11 is 0. The number of benzene rings is 2. The Balaban J connectivity index is 1.63. The molecule has 1 amide bonds. The molecule has 2 N–H and O–H groups in total. The van der Waals surface area contributed by atoms with Crippen molar-refractivity contribution in [2.75, 3.05) is 17.7 Å². The summed E-state index contributed by atoms with van der Waals surface area (Å²) in [6.45, 7) is 1.79. The van der Waals surface area contributed by atoms with Gasteiger partial charge >= 0.3 is 0 Å². The summed E-state index contributed by atoms with van der Waals surface area (Å²) in [6, 6.07) is 12.5. The van der Waals surface area contributed by atoms with Gasteiger partial charge in [-0.2, -0.15) is 5.10 Å². The fourth-order valence-corrected chi connectivity index (χ4v) is 3.08. The van der Waals surface area contributed by atoms with Gasteiger partial charge in [0.05, 0.1) is 30.3 Å². The molecule has 1 saturated carbocycles. The number of rotatable bonds is 6. The molecular weight excluding hydrogens is 359 g/mol. The van der Waals surface area contributed by atoms with Crippen LogP contribution >= 0.6 is 0 Å². The molecule has 0 unspecified atom stereocenters. The molecule has 3 aromatic rings. The van der Waals surface area contributed by atoms with E-state index in [9.17, 15) is 9.18 Å². The van der Waals surface area contributed by atoms with E-state index >= 15 is 0 Å². The van der Waals surface area contributed by atoms with Gasteiger partial charge in [0.15, 0.2) is 0 Å². The van der Waals surface area contributed by atoms with Crippen LogP contribution in [-0.4, -0.2) is 28.8 Å². The average Bonchev–Trinajstić information content (AvgIpc) is 3.43. The van der Waals surface area contributed by atoms with E-state index in [1.807, 2.05) is 24.3 Å². The maximum Gasteiger partial charge on any atom is 0.259 e. The number of anilines is 2. The van der Waals surface area contributed by atoms with Crippen molar-refractivity contribution < 1.29 is 13.9 Å². The predicted octanol–water partition coefficient (Wildman–Crippen LogP) is 4.16. The lowest BCUT2D eigenvalue weighted by Crippen LogP contribution is -2.16. The van der Waals surface area contributed by atoms with Crippen LogP contribution in [0, 0.1) is 12.7 Å². The zero-order chi connectivity index (χ0) is 19.7. The second-order valence-corrected chi connectivity index (χ2v) is 6.76. The third kappa shape index (κ3) is 3.43. The number of ether oxygens (including phenoxy) is 1. The SMILES string of the molecule is COc1ccccc1-n1ncc(C(=O)Nc2c(F)cccc2NC2CC2)c1C. The number of carbonyl (C=O) groups excluding carboxylic acids is 1. The minimum atomic E-state index is -0.478. The Hall–Kier alpha value is -3.35. The van der Waals surface area contributed by atoms with Crippen molar-refractivity contribution in [3.05, 3.63) is 65.7 Å². The Labute approximate surface area is 162 Å². The molecule has 4 rings (SSSR count). The smallest absolute Gasteiger partial charge is 0.259 e. The monoisotopic (exact) mass is 380 g/mol. The largest absolute Gasteiger partial charge is 0.494 e. The number of amides is 1. The number of methoxy groups -OCH3 is 1. The van der Waals surface area contributed by atoms with Crippen molar-refractivity contribution in [3.8, 4) is 11.4 Å². The molecule has 6 nitrogen and oxygen atoms in total.